The monoisotopic (exact) mass is 233 g/mol. The van der Waals surface area contributed by atoms with Crippen LogP contribution in [0.15, 0.2) is 0 Å². The van der Waals surface area contributed by atoms with Crippen molar-refractivity contribution in [1.82, 2.24) is 5.32 Å². The second-order valence-electron chi connectivity index (χ2n) is 4.39. The molecule has 0 aromatic rings. The van der Waals surface area contributed by atoms with Crippen LogP contribution < -0.4 is 5.32 Å². The zero-order chi connectivity index (χ0) is 12.6. The van der Waals surface area contributed by atoms with E-state index >= 15 is 0 Å². The summed E-state index contributed by atoms with van der Waals surface area (Å²) in [7, 11) is 0. The molecule has 3 N–H and O–H groups in total. The summed E-state index contributed by atoms with van der Waals surface area (Å²) in [6.45, 7) is 6.67. The summed E-state index contributed by atoms with van der Waals surface area (Å²) in [4.78, 5) is 11.5. The predicted octanol–water partition coefficient (Wildman–Crippen LogP) is -0.0914. The standard InChI is InChI=1S/C11H23NO4/c1-4-16-7-5-6-12-10(15)9(14)11(2,3)8-13/h9,13-14H,4-8H2,1-3H3,(H,12,15)/t9-/m1/s1. The number of hydrogen-bond donors (Lipinski definition) is 3. The molecule has 0 spiro atoms. The van der Waals surface area contributed by atoms with E-state index in [0.717, 1.165) is 0 Å². The molecular weight excluding hydrogens is 210 g/mol. The van der Waals surface area contributed by atoms with Crippen LogP contribution in [0, 0.1) is 5.41 Å². The van der Waals surface area contributed by atoms with Crippen molar-refractivity contribution < 1.29 is 19.7 Å². The third-order valence-electron chi connectivity index (χ3n) is 2.36. The number of aliphatic hydroxyl groups excluding tert-OH is 2. The summed E-state index contributed by atoms with van der Waals surface area (Å²) in [5.74, 6) is -0.449. The van der Waals surface area contributed by atoms with Crippen LogP contribution in [0.3, 0.4) is 0 Å². The second-order valence-corrected chi connectivity index (χ2v) is 4.39. The van der Waals surface area contributed by atoms with Crippen LogP contribution in [0.5, 0.6) is 0 Å². The highest BCUT2D eigenvalue weighted by Gasteiger charge is 2.32. The Hall–Kier alpha value is -0.650. The van der Waals surface area contributed by atoms with Crippen LogP contribution in [0.1, 0.15) is 27.2 Å². The van der Waals surface area contributed by atoms with Crippen LogP contribution in [0.25, 0.3) is 0 Å². The first-order chi connectivity index (χ1) is 7.45. The van der Waals surface area contributed by atoms with Gasteiger partial charge in [-0.15, -0.1) is 0 Å². The van der Waals surface area contributed by atoms with E-state index in [1.807, 2.05) is 6.92 Å². The van der Waals surface area contributed by atoms with Gasteiger partial charge >= 0.3 is 0 Å². The Balaban J connectivity index is 3.80. The minimum absolute atomic E-state index is 0.236. The van der Waals surface area contributed by atoms with Crippen molar-refractivity contribution in [2.75, 3.05) is 26.4 Å². The fraction of sp³-hybridized carbons (Fsp3) is 0.909. The number of carbonyl (C=O) groups is 1. The van der Waals surface area contributed by atoms with Crippen molar-refractivity contribution in [2.45, 2.75) is 33.3 Å². The van der Waals surface area contributed by atoms with Gasteiger partial charge in [-0.05, 0) is 13.3 Å². The van der Waals surface area contributed by atoms with Crippen molar-refractivity contribution >= 4 is 5.91 Å². The van der Waals surface area contributed by atoms with Crippen molar-refractivity contribution in [3.63, 3.8) is 0 Å². The first-order valence-corrected chi connectivity index (χ1v) is 5.60. The number of aliphatic hydroxyl groups is 2. The first kappa shape index (κ1) is 15.3. The lowest BCUT2D eigenvalue weighted by molar-refractivity contribution is -0.137. The molecule has 5 nitrogen and oxygen atoms in total. The maximum Gasteiger partial charge on any atom is 0.249 e. The summed E-state index contributed by atoms with van der Waals surface area (Å²) >= 11 is 0. The van der Waals surface area contributed by atoms with Crippen LogP contribution in [-0.4, -0.2) is 48.6 Å². The van der Waals surface area contributed by atoms with Crippen LogP contribution in [-0.2, 0) is 9.53 Å². The Morgan fingerprint density at radius 3 is 2.62 bits per heavy atom. The smallest absolute Gasteiger partial charge is 0.249 e. The quantitative estimate of drug-likeness (QED) is 0.512. The van der Waals surface area contributed by atoms with Gasteiger partial charge in [0.25, 0.3) is 0 Å². The van der Waals surface area contributed by atoms with Crippen molar-refractivity contribution in [3.05, 3.63) is 0 Å². The van der Waals surface area contributed by atoms with Gasteiger partial charge < -0.3 is 20.3 Å². The fourth-order valence-corrected chi connectivity index (χ4v) is 1.07. The molecule has 0 aromatic carbocycles. The van der Waals surface area contributed by atoms with Gasteiger partial charge in [0.15, 0.2) is 0 Å². The molecule has 96 valence electrons. The molecule has 0 radical (unpaired) electrons. The van der Waals surface area contributed by atoms with E-state index in [1.165, 1.54) is 0 Å². The largest absolute Gasteiger partial charge is 0.396 e. The van der Waals surface area contributed by atoms with Crippen LogP contribution in [0.4, 0.5) is 0 Å². The van der Waals surface area contributed by atoms with Gasteiger partial charge in [0.2, 0.25) is 5.91 Å². The third kappa shape index (κ3) is 5.44. The fourth-order valence-electron chi connectivity index (χ4n) is 1.07. The second kappa shape index (κ2) is 7.60. The SMILES string of the molecule is CCOCCCNC(=O)[C@@H](O)C(C)(C)CO. The average Bonchev–Trinajstić information content (AvgIpc) is 2.27. The Morgan fingerprint density at radius 2 is 2.12 bits per heavy atom. The zero-order valence-corrected chi connectivity index (χ0v) is 10.3. The van der Waals surface area contributed by atoms with E-state index in [4.69, 9.17) is 9.84 Å². The highest BCUT2D eigenvalue weighted by Crippen LogP contribution is 2.19. The van der Waals surface area contributed by atoms with Gasteiger partial charge in [0.05, 0.1) is 6.61 Å². The summed E-state index contributed by atoms with van der Waals surface area (Å²) in [5, 5.41) is 21.2. The molecule has 0 aliphatic carbocycles. The maximum atomic E-state index is 11.5. The molecule has 0 unspecified atom stereocenters. The Labute approximate surface area is 96.8 Å². The third-order valence-corrected chi connectivity index (χ3v) is 2.36. The highest BCUT2D eigenvalue weighted by atomic mass is 16.5. The number of ether oxygens (including phenoxy) is 1. The molecule has 1 atom stereocenters. The minimum Gasteiger partial charge on any atom is -0.396 e. The maximum absolute atomic E-state index is 11.5. The number of amides is 1. The van der Waals surface area contributed by atoms with Crippen molar-refractivity contribution in [2.24, 2.45) is 5.41 Å². The molecule has 0 bridgehead atoms. The van der Waals surface area contributed by atoms with E-state index in [9.17, 15) is 9.90 Å². The van der Waals surface area contributed by atoms with E-state index in [-0.39, 0.29) is 6.61 Å². The first-order valence-electron chi connectivity index (χ1n) is 5.60. The molecule has 0 aliphatic heterocycles. The molecule has 1 amide bonds. The number of rotatable bonds is 8. The summed E-state index contributed by atoms with van der Waals surface area (Å²) < 4.78 is 5.11. The van der Waals surface area contributed by atoms with E-state index in [2.05, 4.69) is 5.32 Å². The van der Waals surface area contributed by atoms with E-state index < -0.39 is 17.4 Å². The van der Waals surface area contributed by atoms with Gasteiger partial charge in [0, 0.05) is 25.2 Å². The van der Waals surface area contributed by atoms with Gasteiger partial charge in [-0.1, -0.05) is 13.8 Å². The van der Waals surface area contributed by atoms with Gasteiger partial charge in [-0.25, -0.2) is 0 Å². The van der Waals surface area contributed by atoms with E-state index in [0.29, 0.717) is 26.2 Å². The molecule has 0 heterocycles. The number of hydrogen-bond acceptors (Lipinski definition) is 4. The number of carbonyl (C=O) groups excluding carboxylic acids is 1. The molecule has 0 saturated heterocycles. The summed E-state index contributed by atoms with van der Waals surface area (Å²) in [6.07, 6.45) is -0.476. The normalized spacial score (nSPS) is 13.6. The molecular formula is C11H23NO4. The van der Waals surface area contributed by atoms with Crippen molar-refractivity contribution in [3.8, 4) is 0 Å². The molecule has 16 heavy (non-hydrogen) atoms. The van der Waals surface area contributed by atoms with E-state index in [1.54, 1.807) is 13.8 Å². The highest BCUT2D eigenvalue weighted by molar-refractivity contribution is 5.81. The topological polar surface area (TPSA) is 78.8 Å². The Kier molecular flexibility index (Phi) is 7.29. The Morgan fingerprint density at radius 1 is 1.50 bits per heavy atom. The zero-order valence-electron chi connectivity index (χ0n) is 10.3. The minimum atomic E-state index is -1.19. The van der Waals surface area contributed by atoms with Gasteiger partial charge in [0.1, 0.15) is 6.10 Å². The molecule has 0 saturated carbocycles. The summed E-state index contributed by atoms with van der Waals surface area (Å²) in [5.41, 5.74) is -0.815. The Bertz CT molecular complexity index is 206. The lowest BCUT2D eigenvalue weighted by atomic mass is 9.87. The molecule has 0 aliphatic rings. The lowest BCUT2D eigenvalue weighted by Gasteiger charge is -2.27. The molecule has 0 rings (SSSR count). The molecule has 0 aromatic heterocycles. The van der Waals surface area contributed by atoms with Crippen LogP contribution in [0.2, 0.25) is 0 Å². The van der Waals surface area contributed by atoms with Crippen molar-refractivity contribution in [1.29, 1.82) is 0 Å². The van der Waals surface area contributed by atoms with Gasteiger partial charge in [-0.3, -0.25) is 4.79 Å². The van der Waals surface area contributed by atoms with Gasteiger partial charge in [-0.2, -0.15) is 0 Å². The number of nitrogens with one attached hydrogen (secondary N) is 1. The average molecular weight is 233 g/mol. The predicted molar refractivity (Wildman–Crippen MR) is 61.0 cm³/mol. The lowest BCUT2D eigenvalue weighted by Crippen LogP contribution is -2.45. The summed E-state index contributed by atoms with van der Waals surface area (Å²) in [6, 6.07) is 0. The molecule has 0 fully saturated rings. The molecule has 5 heteroatoms. The van der Waals surface area contributed by atoms with Crippen LogP contribution >= 0.6 is 0 Å².